The van der Waals surface area contributed by atoms with Crippen LogP contribution in [0.1, 0.15) is 30.7 Å². The zero-order valence-electron chi connectivity index (χ0n) is 5.60. The smallest absolute Gasteiger partial charge is 0.0992 e. The molecule has 2 nitrogen and oxygen atoms in total. The highest BCUT2D eigenvalue weighted by molar-refractivity contribution is 14.1. The van der Waals surface area contributed by atoms with Crippen LogP contribution in [0.4, 0.5) is 0 Å². The Morgan fingerprint density at radius 3 is 2.80 bits per heavy atom. The van der Waals surface area contributed by atoms with E-state index in [2.05, 4.69) is 32.8 Å². The molecule has 1 saturated carbocycles. The van der Waals surface area contributed by atoms with E-state index in [1.54, 1.807) is 0 Å². The summed E-state index contributed by atoms with van der Waals surface area (Å²) in [5.41, 5.74) is 1.42. The van der Waals surface area contributed by atoms with Gasteiger partial charge in [0.1, 0.15) is 0 Å². The van der Waals surface area contributed by atoms with Gasteiger partial charge in [0.15, 0.2) is 0 Å². The van der Waals surface area contributed by atoms with E-state index in [0.29, 0.717) is 0 Å². The molecule has 0 aromatic carbocycles. The normalized spacial score (nSPS) is 18.9. The minimum atomic E-state index is 0.811. The van der Waals surface area contributed by atoms with Crippen molar-refractivity contribution in [3.8, 4) is 0 Å². The maximum atomic E-state index is 3.99. The van der Waals surface area contributed by atoms with E-state index in [0.717, 1.165) is 5.92 Å². The third kappa shape index (κ3) is 0.962. The lowest BCUT2D eigenvalue weighted by Crippen LogP contribution is -2.08. The lowest BCUT2D eigenvalue weighted by molar-refractivity contribution is 0.418. The molecule has 1 aromatic rings. The fourth-order valence-electron chi connectivity index (χ4n) is 1.28. The SMILES string of the molecule is Ic1[nH]ncc1C1CCC1. The Hall–Kier alpha value is -0.0600. The van der Waals surface area contributed by atoms with E-state index >= 15 is 0 Å². The van der Waals surface area contributed by atoms with Crippen molar-refractivity contribution >= 4 is 22.6 Å². The number of hydrogen-bond donors (Lipinski definition) is 1. The van der Waals surface area contributed by atoms with E-state index in [1.807, 2.05) is 6.20 Å². The van der Waals surface area contributed by atoms with Crippen molar-refractivity contribution in [3.63, 3.8) is 0 Å². The van der Waals surface area contributed by atoms with Crippen LogP contribution in [0, 0.1) is 3.70 Å². The van der Waals surface area contributed by atoms with Crippen LogP contribution in [0.5, 0.6) is 0 Å². The third-order valence-corrected chi connectivity index (χ3v) is 3.03. The molecule has 0 atom stereocenters. The van der Waals surface area contributed by atoms with E-state index < -0.39 is 0 Å². The van der Waals surface area contributed by atoms with Gasteiger partial charge >= 0.3 is 0 Å². The molecule has 2 rings (SSSR count). The fourth-order valence-corrected chi connectivity index (χ4v) is 2.00. The second-order valence-corrected chi connectivity index (χ2v) is 3.85. The first-order valence-electron chi connectivity index (χ1n) is 3.56. The summed E-state index contributed by atoms with van der Waals surface area (Å²) in [7, 11) is 0. The molecule has 1 heterocycles. The van der Waals surface area contributed by atoms with Gasteiger partial charge in [-0.3, -0.25) is 5.10 Å². The molecular formula is C7H9IN2. The lowest BCUT2D eigenvalue weighted by Gasteiger charge is -2.24. The highest BCUT2D eigenvalue weighted by Crippen LogP contribution is 2.37. The standard InChI is InChI=1S/C7H9IN2/c8-7-6(4-9-10-7)5-2-1-3-5/h4-5H,1-3H2,(H,9,10). The van der Waals surface area contributed by atoms with E-state index in [-0.39, 0.29) is 0 Å². The molecular weight excluding hydrogens is 239 g/mol. The molecule has 1 aliphatic rings. The van der Waals surface area contributed by atoms with Gasteiger partial charge in [-0.15, -0.1) is 0 Å². The van der Waals surface area contributed by atoms with Crippen LogP contribution in [0.25, 0.3) is 0 Å². The fraction of sp³-hybridized carbons (Fsp3) is 0.571. The van der Waals surface area contributed by atoms with Crippen LogP contribution >= 0.6 is 22.6 Å². The maximum Gasteiger partial charge on any atom is 0.0992 e. The molecule has 0 amide bonds. The van der Waals surface area contributed by atoms with Gasteiger partial charge in [0.05, 0.1) is 9.90 Å². The number of aromatic amines is 1. The molecule has 1 aliphatic carbocycles. The summed E-state index contributed by atoms with van der Waals surface area (Å²) in [6, 6.07) is 0. The average molecular weight is 248 g/mol. The molecule has 0 bridgehead atoms. The van der Waals surface area contributed by atoms with Crippen molar-refractivity contribution in [2.45, 2.75) is 25.2 Å². The monoisotopic (exact) mass is 248 g/mol. The van der Waals surface area contributed by atoms with Crippen molar-refractivity contribution in [3.05, 3.63) is 15.5 Å². The van der Waals surface area contributed by atoms with Crippen LogP contribution in [-0.4, -0.2) is 10.2 Å². The van der Waals surface area contributed by atoms with Crippen molar-refractivity contribution in [2.24, 2.45) is 0 Å². The largest absolute Gasteiger partial charge is 0.272 e. The third-order valence-electron chi connectivity index (χ3n) is 2.16. The quantitative estimate of drug-likeness (QED) is 0.759. The zero-order valence-corrected chi connectivity index (χ0v) is 7.76. The molecule has 1 aromatic heterocycles. The first-order chi connectivity index (χ1) is 4.88. The molecule has 54 valence electrons. The number of hydrogen-bond acceptors (Lipinski definition) is 1. The predicted octanol–water partition coefficient (Wildman–Crippen LogP) is 2.28. The Kier molecular flexibility index (Phi) is 1.68. The van der Waals surface area contributed by atoms with Gasteiger partial charge in [-0.25, -0.2) is 0 Å². The van der Waals surface area contributed by atoms with Gasteiger partial charge < -0.3 is 0 Å². The Labute approximate surface area is 73.5 Å². The van der Waals surface area contributed by atoms with Crippen molar-refractivity contribution in [1.82, 2.24) is 10.2 Å². The molecule has 0 saturated heterocycles. The second-order valence-electron chi connectivity index (χ2n) is 2.77. The molecule has 0 radical (unpaired) electrons. The number of aromatic nitrogens is 2. The van der Waals surface area contributed by atoms with Crippen molar-refractivity contribution < 1.29 is 0 Å². The first kappa shape index (κ1) is 6.64. The second kappa shape index (κ2) is 2.53. The minimum Gasteiger partial charge on any atom is -0.272 e. The zero-order chi connectivity index (χ0) is 6.97. The van der Waals surface area contributed by atoms with Crippen LogP contribution < -0.4 is 0 Å². The Morgan fingerprint density at radius 2 is 2.40 bits per heavy atom. The van der Waals surface area contributed by atoms with Crippen LogP contribution in [-0.2, 0) is 0 Å². The molecule has 0 unspecified atom stereocenters. The van der Waals surface area contributed by atoms with E-state index in [1.165, 1.54) is 28.5 Å². The van der Waals surface area contributed by atoms with Crippen molar-refractivity contribution in [2.75, 3.05) is 0 Å². The molecule has 0 aliphatic heterocycles. The van der Waals surface area contributed by atoms with Crippen LogP contribution in [0.15, 0.2) is 6.20 Å². The Morgan fingerprint density at radius 1 is 1.60 bits per heavy atom. The molecule has 0 spiro atoms. The van der Waals surface area contributed by atoms with Gasteiger partial charge in [0.2, 0.25) is 0 Å². The average Bonchev–Trinajstić information content (AvgIpc) is 2.12. The summed E-state index contributed by atoms with van der Waals surface area (Å²) in [5, 5.41) is 6.95. The number of nitrogens with zero attached hydrogens (tertiary/aromatic N) is 1. The van der Waals surface area contributed by atoms with Gasteiger partial charge in [-0.2, -0.15) is 5.10 Å². The van der Waals surface area contributed by atoms with Crippen LogP contribution in [0.3, 0.4) is 0 Å². The van der Waals surface area contributed by atoms with Gasteiger partial charge in [-0.1, -0.05) is 6.42 Å². The Balaban J connectivity index is 2.23. The highest BCUT2D eigenvalue weighted by Gasteiger charge is 2.22. The summed E-state index contributed by atoms with van der Waals surface area (Å²) in [6.45, 7) is 0. The molecule has 1 fully saturated rings. The topological polar surface area (TPSA) is 28.7 Å². The number of nitrogens with one attached hydrogen (secondary N) is 1. The number of halogens is 1. The number of rotatable bonds is 1. The summed E-state index contributed by atoms with van der Waals surface area (Å²) < 4.78 is 1.22. The summed E-state index contributed by atoms with van der Waals surface area (Å²) >= 11 is 2.31. The summed E-state index contributed by atoms with van der Waals surface area (Å²) in [5.74, 6) is 0.811. The Bertz CT molecular complexity index is 227. The molecule has 3 heteroatoms. The minimum absolute atomic E-state index is 0.811. The van der Waals surface area contributed by atoms with Gasteiger partial charge in [0.25, 0.3) is 0 Å². The first-order valence-corrected chi connectivity index (χ1v) is 4.64. The predicted molar refractivity (Wildman–Crippen MR) is 47.9 cm³/mol. The van der Waals surface area contributed by atoms with Gasteiger partial charge in [0, 0.05) is 5.56 Å². The summed E-state index contributed by atoms with van der Waals surface area (Å²) in [6.07, 6.45) is 6.07. The van der Waals surface area contributed by atoms with Crippen molar-refractivity contribution in [1.29, 1.82) is 0 Å². The molecule has 1 N–H and O–H groups in total. The van der Waals surface area contributed by atoms with E-state index in [4.69, 9.17) is 0 Å². The van der Waals surface area contributed by atoms with Gasteiger partial charge in [-0.05, 0) is 41.4 Å². The summed E-state index contributed by atoms with van der Waals surface area (Å²) in [4.78, 5) is 0. The number of H-pyrrole nitrogens is 1. The maximum absolute atomic E-state index is 3.99. The van der Waals surface area contributed by atoms with Crippen LogP contribution in [0.2, 0.25) is 0 Å². The lowest BCUT2D eigenvalue weighted by atomic mass is 9.81. The highest BCUT2D eigenvalue weighted by atomic mass is 127. The van der Waals surface area contributed by atoms with E-state index in [9.17, 15) is 0 Å². The molecule has 10 heavy (non-hydrogen) atoms.